The van der Waals surface area contributed by atoms with Crippen molar-refractivity contribution in [1.82, 2.24) is 19.4 Å². The molecule has 0 spiro atoms. The molecule has 0 saturated heterocycles. The molecule has 1 unspecified atom stereocenters. The molecule has 1 aliphatic rings. The normalized spacial score (nSPS) is 18.1. The lowest BCUT2D eigenvalue weighted by Gasteiger charge is -2.23. The maximum atomic E-state index is 12.7. The molecule has 1 aliphatic heterocycles. The maximum absolute atomic E-state index is 12.7. The van der Waals surface area contributed by atoms with Crippen LogP contribution in [0.4, 0.5) is 0 Å². The van der Waals surface area contributed by atoms with Crippen molar-refractivity contribution in [1.29, 1.82) is 0 Å². The first kappa shape index (κ1) is 13.8. The smallest absolute Gasteiger partial charge is 0.254 e. The first-order valence-electron chi connectivity index (χ1n) is 6.96. The van der Waals surface area contributed by atoms with Crippen LogP contribution in [-0.4, -0.2) is 45.6 Å². The summed E-state index contributed by atoms with van der Waals surface area (Å²) in [6.45, 7) is 2.63. The molecule has 1 atom stereocenters. The summed E-state index contributed by atoms with van der Waals surface area (Å²) in [5.74, 6) is 1.18. The molecular formula is C15H18N4O2. The van der Waals surface area contributed by atoms with E-state index in [2.05, 4.69) is 14.5 Å². The highest BCUT2D eigenvalue weighted by Gasteiger charge is 2.26. The SMILES string of the molecule is COCC1CN(C(=O)c2ccncc2)Cc2nccn2C1. The Kier molecular flexibility index (Phi) is 3.96. The molecule has 0 radical (unpaired) electrons. The van der Waals surface area contributed by atoms with Crippen molar-refractivity contribution in [3.8, 4) is 0 Å². The van der Waals surface area contributed by atoms with Crippen LogP contribution in [0, 0.1) is 5.92 Å². The number of hydrogen-bond acceptors (Lipinski definition) is 4. The van der Waals surface area contributed by atoms with Crippen molar-refractivity contribution in [2.24, 2.45) is 5.92 Å². The Bertz CT molecular complexity index is 611. The number of rotatable bonds is 3. The van der Waals surface area contributed by atoms with E-state index in [-0.39, 0.29) is 11.8 Å². The Morgan fingerprint density at radius 1 is 1.33 bits per heavy atom. The highest BCUT2D eigenvalue weighted by atomic mass is 16.5. The van der Waals surface area contributed by atoms with Crippen molar-refractivity contribution in [3.05, 3.63) is 48.3 Å². The lowest BCUT2D eigenvalue weighted by molar-refractivity contribution is 0.0666. The fraction of sp³-hybridized carbons (Fsp3) is 0.400. The fourth-order valence-corrected chi connectivity index (χ4v) is 2.71. The van der Waals surface area contributed by atoms with Crippen LogP contribution in [0.15, 0.2) is 36.9 Å². The minimum absolute atomic E-state index is 0.00922. The summed E-state index contributed by atoms with van der Waals surface area (Å²) >= 11 is 0. The third-order valence-corrected chi connectivity index (χ3v) is 3.68. The minimum atomic E-state index is 0.00922. The number of amides is 1. The van der Waals surface area contributed by atoms with E-state index in [9.17, 15) is 4.79 Å². The van der Waals surface area contributed by atoms with E-state index in [0.29, 0.717) is 25.3 Å². The molecule has 6 nitrogen and oxygen atoms in total. The fourth-order valence-electron chi connectivity index (χ4n) is 2.71. The van der Waals surface area contributed by atoms with E-state index in [1.807, 2.05) is 11.1 Å². The summed E-state index contributed by atoms with van der Waals surface area (Å²) in [6, 6.07) is 3.48. The topological polar surface area (TPSA) is 60.2 Å². The molecule has 21 heavy (non-hydrogen) atoms. The molecule has 2 aromatic heterocycles. The third kappa shape index (κ3) is 2.95. The summed E-state index contributed by atoms with van der Waals surface area (Å²) in [6.07, 6.45) is 7.01. The average molecular weight is 286 g/mol. The zero-order chi connectivity index (χ0) is 14.7. The van der Waals surface area contributed by atoms with Crippen LogP contribution in [-0.2, 0) is 17.8 Å². The Morgan fingerprint density at radius 2 is 2.14 bits per heavy atom. The summed E-state index contributed by atoms with van der Waals surface area (Å²) in [5.41, 5.74) is 0.654. The Hall–Kier alpha value is -2.21. The van der Waals surface area contributed by atoms with Crippen molar-refractivity contribution in [2.75, 3.05) is 20.3 Å². The first-order valence-corrected chi connectivity index (χ1v) is 6.96. The van der Waals surface area contributed by atoms with Crippen molar-refractivity contribution >= 4 is 5.91 Å². The van der Waals surface area contributed by atoms with Gasteiger partial charge in [-0.25, -0.2) is 4.98 Å². The first-order chi connectivity index (χ1) is 10.3. The van der Waals surface area contributed by atoms with Gasteiger partial charge in [0.05, 0.1) is 13.2 Å². The van der Waals surface area contributed by atoms with Gasteiger partial charge in [0, 0.05) is 56.5 Å². The average Bonchev–Trinajstić information content (AvgIpc) is 2.86. The number of carbonyl (C=O) groups excluding carboxylic acids is 1. The van der Waals surface area contributed by atoms with Gasteiger partial charge in [0.2, 0.25) is 0 Å². The summed E-state index contributed by atoms with van der Waals surface area (Å²) in [7, 11) is 1.69. The molecule has 0 fully saturated rings. The molecule has 3 rings (SSSR count). The maximum Gasteiger partial charge on any atom is 0.254 e. The number of nitrogens with zero attached hydrogens (tertiary/aromatic N) is 4. The van der Waals surface area contributed by atoms with Gasteiger partial charge in [-0.05, 0) is 12.1 Å². The van der Waals surface area contributed by atoms with Crippen molar-refractivity contribution in [2.45, 2.75) is 13.1 Å². The quantitative estimate of drug-likeness (QED) is 0.850. The minimum Gasteiger partial charge on any atom is -0.384 e. The molecule has 110 valence electrons. The number of fused-ring (bicyclic) bond motifs is 1. The number of methoxy groups -OCH3 is 1. The van der Waals surface area contributed by atoms with Gasteiger partial charge in [-0.2, -0.15) is 0 Å². The third-order valence-electron chi connectivity index (χ3n) is 3.68. The van der Waals surface area contributed by atoms with Crippen LogP contribution < -0.4 is 0 Å². The zero-order valence-corrected chi connectivity index (χ0v) is 12.0. The van der Waals surface area contributed by atoms with Gasteiger partial charge in [0.1, 0.15) is 5.82 Å². The predicted molar refractivity (Wildman–Crippen MR) is 76.6 cm³/mol. The molecule has 6 heteroatoms. The Balaban J connectivity index is 1.86. The van der Waals surface area contributed by atoms with Gasteiger partial charge in [-0.1, -0.05) is 0 Å². The van der Waals surface area contributed by atoms with Gasteiger partial charge in [0.25, 0.3) is 5.91 Å². The largest absolute Gasteiger partial charge is 0.384 e. The molecule has 0 saturated carbocycles. The molecule has 0 N–H and O–H groups in total. The van der Waals surface area contributed by atoms with E-state index in [1.165, 1.54) is 0 Å². The Morgan fingerprint density at radius 3 is 2.90 bits per heavy atom. The number of imidazole rings is 1. The molecular weight excluding hydrogens is 268 g/mol. The second kappa shape index (κ2) is 6.05. The summed E-state index contributed by atoms with van der Waals surface area (Å²) in [4.78, 5) is 22.8. The standard InChI is InChI=1S/C15H18N4O2/c1-21-11-12-8-18-7-6-17-14(18)10-19(9-12)15(20)13-2-4-16-5-3-13/h2-7,12H,8-11H2,1H3. The van der Waals surface area contributed by atoms with Crippen LogP contribution in [0.5, 0.6) is 0 Å². The molecule has 0 bridgehead atoms. The van der Waals surface area contributed by atoms with E-state index < -0.39 is 0 Å². The van der Waals surface area contributed by atoms with Gasteiger partial charge >= 0.3 is 0 Å². The lowest BCUT2D eigenvalue weighted by atomic mass is 10.1. The monoisotopic (exact) mass is 286 g/mol. The highest BCUT2D eigenvalue weighted by Crippen LogP contribution is 2.18. The van der Waals surface area contributed by atoms with Crippen molar-refractivity contribution in [3.63, 3.8) is 0 Å². The van der Waals surface area contributed by atoms with Crippen LogP contribution in [0.2, 0.25) is 0 Å². The van der Waals surface area contributed by atoms with Crippen molar-refractivity contribution < 1.29 is 9.53 Å². The van der Waals surface area contributed by atoms with Gasteiger partial charge in [0.15, 0.2) is 0 Å². The number of ether oxygens (including phenoxy) is 1. The van der Waals surface area contributed by atoms with Gasteiger partial charge in [-0.15, -0.1) is 0 Å². The predicted octanol–water partition coefficient (Wildman–Crippen LogP) is 1.20. The second-order valence-corrected chi connectivity index (χ2v) is 5.24. The van der Waals surface area contributed by atoms with Crippen LogP contribution in [0.1, 0.15) is 16.2 Å². The van der Waals surface area contributed by atoms with E-state index in [1.54, 1.807) is 37.8 Å². The second-order valence-electron chi connectivity index (χ2n) is 5.24. The molecule has 0 aromatic carbocycles. The lowest BCUT2D eigenvalue weighted by Crippen LogP contribution is -2.35. The van der Waals surface area contributed by atoms with E-state index >= 15 is 0 Å². The number of carbonyl (C=O) groups is 1. The molecule has 0 aliphatic carbocycles. The number of pyridine rings is 1. The highest BCUT2D eigenvalue weighted by molar-refractivity contribution is 5.94. The van der Waals surface area contributed by atoms with Gasteiger partial charge in [-0.3, -0.25) is 9.78 Å². The number of aromatic nitrogens is 3. The molecule has 2 aromatic rings. The van der Waals surface area contributed by atoms with Gasteiger partial charge < -0.3 is 14.2 Å². The summed E-state index contributed by atoms with van der Waals surface area (Å²) < 4.78 is 7.38. The number of hydrogen-bond donors (Lipinski definition) is 0. The van der Waals surface area contributed by atoms with Crippen LogP contribution in [0.25, 0.3) is 0 Å². The molecule has 1 amide bonds. The van der Waals surface area contributed by atoms with Crippen LogP contribution >= 0.6 is 0 Å². The van der Waals surface area contributed by atoms with Crippen LogP contribution in [0.3, 0.4) is 0 Å². The Labute approximate surface area is 123 Å². The summed E-state index contributed by atoms with van der Waals surface area (Å²) in [5, 5.41) is 0. The van der Waals surface area contributed by atoms with E-state index in [0.717, 1.165) is 12.4 Å². The van der Waals surface area contributed by atoms with E-state index in [4.69, 9.17) is 4.74 Å². The molecule has 3 heterocycles. The zero-order valence-electron chi connectivity index (χ0n) is 12.0.